The van der Waals surface area contributed by atoms with Crippen LogP contribution in [0.25, 0.3) is 5.57 Å². The van der Waals surface area contributed by atoms with Gasteiger partial charge in [-0.3, -0.25) is 0 Å². The summed E-state index contributed by atoms with van der Waals surface area (Å²) in [6.45, 7) is 2.17. The molecule has 0 bridgehead atoms. The number of hydrogen-bond acceptors (Lipinski definition) is 2. The molecule has 80 valence electrons. The molecule has 1 aliphatic rings. The Kier molecular flexibility index (Phi) is 2.91. The Bertz CT molecular complexity index is 404. The van der Waals surface area contributed by atoms with E-state index >= 15 is 0 Å². The fraction of sp³-hybridized carbons (Fsp3) is 0.417. The Morgan fingerprint density at radius 2 is 2.40 bits per heavy atom. The maximum absolute atomic E-state index is 11.0. The summed E-state index contributed by atoms with van der Waals surface area (Å²) in [6.07, 6.45) is 5.66. The first-order valence-corrected chi connectivity index (χ1v) is 6.09. The maximum Gasteiger partial charge on any atom is 0.346 e. The van der Waals surface area contributed by atoms with E-state index in [0.29, 0.717) is 10.8 Å². The van der Waals surface area contributed by atoms with Crippen molar-refractivity contribution < 1.29 is 9.90 Å². The molecular formula is C12H14O2S. The van der Waals surface area contributed by atoms with Crippen molar-refractivity contribution in [2.75, 3.05) is 0 Å². The van der Waals surface area contributed by atoms with Crippen molar-refractivity contribution in [1.82, 2.24) is 0 Å². The molecule has 0 aromatic carbocycles. The van der Waals surface area contributed by atoms with Gasteiger partial charge in [0, 0.05) is 5.56 Å². The van der Waals surface area contributed by atoms with Gasteiger partial charge in [-0.2, -0.15) is 0 Å². The lowest BCUT2D eigenvalue weighted by molar-refractivity contribution is 0.0702. The predicted molar refractivity (Wildman–Crippen MR) is 62.3 cm³/mol. The molecule has 0 radical (unpaired) electrons. The summed E-state index contributed by atoms with van der Waals surface area (Å²) in [6, 6.07) is 1.93. The average Bonchev–Trinajstić information content (AvgIpc) is 2.67. The molecule has 2 nitrogen and oxygen atoms in total. The number of hydrogen-bond donors (Lipinski definition) is 1. The Morgan fingerprint density at radius 3 is 3.07 bits per heavy atom. The van der Waals surface area contributed by atoms with Gasteiger partial charge in [-0.1, -0.05) is 13.0 Å². The van der Waals surface area contributed by atoms with Crippen LogP contribution in [0.1, 0.15) is 41.4 Å². The number of aromatic carboxylic acids is 1. The van der Waals surface area contributed by atoms with E-state index in [1.54, 1.807) is 0 Å². The fourth-order valence-corrected chi connectivity index (χ4v) is 2.87. The third kappa shape index (κ3) is 1.97. The van der Waals surface area contributed by atoms with Gasteiger partial charge in [0.2, 0.25) is 0 Å². The van der Waals surface area contributed by atoms with Crippen LogP contribution in [0.3, 0.4) is 0 Å². The highest BCUT2D eigenvalue weighted by molar-refractivity contribution is 7.12. The third-order valence-corrected chi connectivity index (χ3v) is 3.81. The van der Waals surface area contributed by atoms with Crippen LogP contribution in [0.4, 0.5) is 0 Å². The second kappa shape index (κ2) is 4.19. The molecule has 3 heteroatoms. The molecule has 0 aliphatic heterocycles. The molecule has 1 aromatic rings. The van der Waals surface area contributed by atoms with Crippen LogP contribution in [0, 0.1) is 5.92 Å². The van der Waals surface area contributed by atoms with E-state index in [1.807, 2.05) is 11.4 Å². The quantitative estimate of drug-likeness (QED) is 0.829. The highest BCUT2D eigenvalue weighted by Gasteiger charge is 2.20. The Balaban J connectivity index is 2.40. The van der Waals surface area contributed by atoms with Crippen LogP contribution in [0.5, 0.6) is 0 Å². The Labute approximate surface area is 93.3 Å². The topological polar surface area (TPSA) is 37.3 Å². The number of thiophene rings is 1. The van der Waals surface area contributed by atoms with Crippen LogP contribution in [0.15, 0.2) is 17.5 Å². The second-order valence-corrected chi connectivity index (χ2v) is 4.88. The highest BCUT2D eigenvalue weighted by Crippen LogP contribution is 2.35. The molecular weight excluding hydrogens is 208 g/mol. The van der Waals surface area contributed by atoms with Gasteiger partial charge < -0.3 is 5.11 Å². The Hall–Kier alpha value is -1.09. The summed E-state index contributed by atoms with van der Waals surface area (Å²) in [5.74, 6) is -0.315. The average molecular weight is 222 g/mol. The van der Waals surface area contributed by atoms with E-state index in [0.717, 1.165) is 12.0 Å². The van der Waals surface area contributed by atoms with Gasteiger partial charge in [0.05, 0.1) is 0 Å². The first kappa shape index (κ1) is 10.4. The van der Waals surface area contributed by atoms with E-state index in [-0.39, 0.29) is 0 Å². The molecule has 1 aromatic heterocycles. The lowest BCUT2D eigenvalue weighted by Gasteiger charge is -2.20. The van der Waals surface area contributed by atoms with Crippen molar-refractivity contribution in [3.05, 3.63) is 28.0 Å². The highest BCUT2D eigenvalue weighted by atomic mass is 32.1. The summed E-state index contributed by atoms with van der Waals surface area (Å²) in [5.41, 5.74) is 2.15. The van der Waals surface area contributed by atoms with Crippen LogP contribution in [-0.2, 0) is 0 Å². The summed E-state index contributed by atoms with van der Waals surface area (Å²) in [4.78, 5) is 11.5. The summed E-state index contributed by atoms with van der Waals surface area (Å²) in [7, 11) is 0. The van der Waals surface area contributed by atoms with Gasteiger partial charge in [-0.05, 0) is 42.2 Å². The number of rotatable bonds is 2. The van der Waals surface area contributed by atoms with Crippen LogP contribution >= 0.6 is 11.3 Å². The molecule has 0 saturated carbocycles. The molecule has 0 fully saturated rings. The van der Waals surface area contributed by atoms with Gasteiger partial charge in [0.25, 0.3) is 0 Å². The van der Waals surface area contributed by atoms with Crippen molar-refractivity contribution >= 4 is 22.9 Å². The molecule has 0 spiro atoms. The Morgan fingerprint density at radius 1 is 1.60 bits per heavy atom. The second-order valence-electron chi connectivity index (χ2n) is 3.96. The number of carboxylic acid groups (broad SMARTS) is 1. The van der Waals surface area contributed by atoms with Crippen LogP contribution in [0.2, 0.25) is 0 Å². The zero-order valence-corrected chi connectivity index (χ0v) is 9.51. The van der Waals surface area contributed by atoms with E-state index in [1.165, 1.54) is 29.8 Å². The van der Waals surface area contributed by atoms with Crippen molar-refractivity contribution in [3.8, 4) is 0 Å². The predicted octanol–water partition coefficient (Wildman–Crippen LogP) is 3.65. The SMILES string of the molecule is CC1CCCC=C1c1ccsc1C(=O)O. The van der Waals surface area contributed by atoms with E-state index in [2.05, 4.69) is 13.0 Å². The van der Waals surface area contributed by atoms with Gasteiger partial charge in [0.15, 0.2) is 0 Å². The minimum atomic E-state index is -0.807. The smallest absolute Gasteiger partial charge is 0.346 e. The molecule has 1 unspecified atom stereocenters. The molecule has 1 heterocycles. The minimum absolute atomic E-state index is 0.481. The maximum atomic E-state index is 11.0. The molecule has 0 saturated heterocycles. The monoisotopic (exact) mass is 222 g/mol. The summed E-state index contributed by atoms with van der Waals surface area (Å²) >= 11 is 1.31. The molecule has 1 atom stereocenters. The van der Waals surface area contributed by atoms with Gasteiger partial charge in [-0.15, -0.1) is 11.3 Å². The lowest BCUT2D eigenvalue weighted by atomic mass is 9.85. The van der Waals surface area contributed by atoms with E-state index in [4.69, 9.17) is 5.11 Å². The van der Waals surface area contributed by atoms with Crippen molar-refractivity contribution in [2.45, 2.75) is 26.2 Å². The molecule has 1 N–H and O–H groups in total. The number of allylic oxidation sites excluding steroid dienone is 2. The molecule has 15 heavy (non-hydrogen) atoms. The minimum Gasteiger partial charge on any atom is -0.477 e. The van der Waals surface area contributed by atoms with E-state index < -0.39 is 5.97 Å². The zero-order valence-electron chi connectivity index (χ0n) is 8.69. The zero-order chi connectivity index (χ0) is 10.8. The van der Waals surface area contributed by atoms with Crippen molar-refractivity contribution in [3.63, 3.8) is 0 Å². The number of carboxylic acids is 1. The molecule has 0 amide bonds. The molecule has 1 aliphatic carbocycles. The van der Waals surface area contributed by atoms with Crippen molar-refractivity contribution in [1.29, 1.82) is 0 Å². The van der Waals surface area contributed by atoms with Crippen LogP contribution in [-0.4, -0.2) is 11.1 Å². The van der Waals surface area contributed by atoms with Crippen molar-refractivity contribution in [2.24, 2.45) is 5.92 Å². The standard InChI is InChI=1S/C12H14O2S/c1-8-4-2-3-5-9(8)10-6-7-15-11(10)12(13)14/h5-8H,2-4H2,1H3,(H,13,14). The van der Waals surface area contributed by atoms with Gasteiger partial charge >= 0.3 is 5.97 Å². The largest absolute Gasteiger partial charge is 0.477 e. The normalized spacial score (nSPS) is 21.1. The summed E-state index contributed by atoms with van der Waals surface area (Å²) < 4.78 is 0. The number of carbonyl (C=O) groups is 1. The lowest BCUT2D eigenvalue weighted by Crippen LogP contribution is -2.06. The van der Waals surface area contributed by atoms with Crippen LogP contribution < -0.4 is 0 Å². The summed E-state index contributed by atoms with van der Waals surface area (Å²) in [5, 5.41) is 10.9. The third-order valence-electron chi connectivity index (χ3n) is 2.91. The van der Waals surface area contributed by atoms with E-state index in [9.17, 15) is 4.79 Å². The first-order valence-electron chi connectivity index (χ1n) is 5.21. The van der Waals surface area contributed by atoms with Gasteiger partial charge in [0.1, 0.15) is 4.88 Å². The fourth-order valence-electron chi connectivity index (χ4n) is 2.12. The molecule has 2 rings (SSSR count). The van der Waals surface area contributed by atoms with Gasteiger partial charge in [-0.25, -0.2) is 4.79 Å². The first-order chi connectivity index (χ1) is 7.20.